The highest BCUT2D eigenvalue weighted by Crippen LogP contribution is 2.32. The molecule has 3 N–H and O–H groups in total. The average molecular weight is 362 g/mol. The van der Waals surface area contributed by atoms with Crippen molar-refractivity contribution in [3.8, 4) is 0 Å². The second-order valence-corrected chi connectivity index (χ2v) is 5.32. The number of amides is 2. The summed E-state index contributed by atoms with van der Waals surface area (Å²) >= 11 is 0. The van der Waals surface area contributed by atoms with Crippen molar-refractivity contribution < 1.29 is 33.6 Å². The number of carbonyl (C=O) groups excluding carboxylic acids is 2. The summed E-state index contributed by atoms with van der Waals surface area (Å²) < 4.78 is 14.5. The molecule has 9 nitrogen and oxygen atoms in total. The van der Waals surface area contributed by atoms with Gasteiger partial charge in [0.1, 0.15) is 14.6 Å². The number of hydrogen-bond donors (Lipinski definition) is 3. The number of hydrogen-bond acceptors (Lipinski definition) is 8. The third kappa shape index (κ3) is 15.6. The van der Waals surface area contributed by atoms with Crippen molar-refractivity contribution in [2.45, 2.75) is 6.10 Å². The van der Waals surface area contributed by atoms with E-state index in [0.717, 1.165) is 0 Å². The van der Waals surface area contributed by atoms with Crippen molar-refractivity contribution in [2.24, 2.45) is 0 Å². The van der Waals surface area contributed by atoms with Crippen molar-refractivity contribution in [3.05, 3.63) is 23.6 Å². The van der Waals surface area contributed by atoms with Crippen LogP contribution in [0.4, 0.5) is 0 Å². The maximum atomic E-state index is 10.7. The molecule has 1 unspecified atom stereocenters. The Morgan fingerprint density at radius 3 is 2.38 bits per heavy atom. The van der Waals surface area contributed by atoms with Crippen LogP contribution in [0.1, 0.15) is 0 Å². The van der Waals surface area contributed by atoms with Gasteiger partial charge in [0, 0.05) is 40.7 Å². The molecular formula is C13H24BN2O7P. The Kier molecular flexibility index (Phi) is 17.2. The van der Waals surface area contributed by atoms with E-state index in [1.807, 2.05) is 5.32 Å². The highest BCUT2D eigenvalue weighted by molar-refractivity contribution is 7.52. The molecule has 11 heteroatoms. The predicted molar refractivity (Wildman–Crippen MR) is 90.9 cm³/mol. The molecule has 0 saturated heterocycles. The van der Waals surface area contributed by atoms with Gasteiger partial charge in [0.05, 0.1) is 12.7 Å². The molecule has 0 fully saturated rings. The highest BCUT2D eigenvalue weighted by atomic mass is 31.2. The van der Waals surface area contributed by atoms with Crippen LogP contribution in [0.2, 0.25) is 0 Å². The van der Waals surface area contributed by atoms with Crippen LogP contribution < -0.4 is 5.32 Å². The monoisotopic (exact) mass is 362 g/mol. The molecule has 0 rings (SSSR count). The van der Waals surface area contributed by atoms with Gasteiger partial charge in [0.15, 0.2) is 8.38 Å². The molecule has 1 atom stereocenters. The lowest BCUT2D eigenvalue weighted by atomic mass is 10.1. The summed E-state index contributed by atoms with van der Waals surface area (Å²) in [7, 11) is 9.38. The zero-order valence-corrected chi connectivity index (χ0v) is 15.1. The Balaban J connectivity index is 0. The number of nitrogens with zero attached hydrogens (tertiary/aromatic N) is 1. The fourth-order valence-electron chi connectivity index (χ4n) is 1.15. The minimum atomic E-state index is -2.21. The summed E-state index contributed by atoms with van der Waals surface area (Å²) in [6.07, 6.45) is 4.19. The van der Waals surface area contributed by atoms with Crippen LogP contribution in [0.5, 0.6) is 0 Å². The van der Waals surface area contributed by atoms with E-state index in [-0.39, 0.29) is 11.3 Å². The van der Waals surface area contributed by atoms with E-state index in [2.05, 4.69) is 0 Å². The maximum absolute atomic E-state index is 10.7. The predicted octanol–water partition coefficient (Wildman–Crippen LogP) is -0.737. The van der Waals surface area contributed by atoms with Gasteiger partial charge in [-0.3, -0.25) is 14.9 Å². The number of methoxy groups -OCH3 is 3. The normalized spacial score (nSPS) is 12.5. The first-order valence-electron chi connectivity index (χ1n) is 6.60. The Labute approximate surface area is 144 Å². The van der Waals surface area contributed by atoms with Gasteiger partial charge in [0.2, 0.25) is 6.41 Å². The second kappa shape index (κ2) is 16.6. The van der Waals surface area contributed by atoms with Gasteiger partial charge < -0.3 is 28.9 Å². The molecule has 24 heavy (non-hydrogen) atoms. The molecule has 0 aliphatic carbocycles. The van der Waals surface area contributed by atoms with Crippen LogP contribution in [0, 0.1) is 0 Å². The first-order valence-corrected chi connectivity index (χ1v) is 7.85. The van der Waals surface area contributed by atoms with Crippen LogP contribution in [0.3, 0.4) is 0 Å². The van der Waals surface area contributed by atoms with E-state index in [9.17, 15) is 9.59 Å². The summed E-state index contributed by atoms with van der Waals surface area (Å²) in [6, 6.07) is 0. The molecule has 0 aliphatic rings. The summed E-state index contributed by atoms with van der Waals surface area (Å²) in [6.45, 7) is 0.727. The van der Waals surface area contributed by atoms with E-state index in [4.69, 9.17) is 31.8 Å². The molecule has 2 radical (unpaired) electrons. The molecule has 0 spiro atoms. The van der Waals surface area contributed by atoms with Gasteiger partial charge >= 0.3 is 0 Å². The summed E-state index contributed by atoms with van der Waals surface area (Å²) in [4.78, 5) is 39.4. The topological polar surface area (TPSA) is 118 Å². The molecule has 0 aliphatic heterocycles. The quantitative estimate of drug-likeness (QED) is 0.153. The fraction of sp³-hybridized carbons (Fsp3) is 0.538. The zero-order chi connectivity index (χ0) is 19.0. The first kappa shape index (κ1) is 25.0. The molecular weight excluding hydrogens is 338 g/mol. The average Bonchev–Trinajstić information content (AvgIpc) is 2.53. The van der Waals surface area contributed by atoms with Crippen LogP contribution in [0.15, 0.2) is 23.6 Å². The Morgan fingerprint density at radius 2 is 1.96 bits per heavy atom. The lowest BCUT2D eigenvalue weighted by Gasteiger charge is -2.11. The summed E-state index contributed by atoms with van der Waals surface area (Å²) in [5.41, 5.74) is 0. The van der Waals surface area contributed by atoms with Crippen molar-refractivity contribution in [1.29, 1.82) is 0 Å². The standard InChI is InChI=1S/C7H12N2O3.C6H12BO4P/c1-9(6-12-2)4-3-7(11)8-5-10;1-10-4-5(11-2)3-6(7)12(8)9/h3-5H,6H2,1-2H3,(H,8,10,11);3,5,8-9H,4H2,1-2H3/b4-3-;6-3+. The zero-order valence-electron chi connectivity index (χ0n) is 14.2. The van der Waals surface area contributed by atoms with Gasteiger partial charge in [0.25, 0.3) is 5.91 Å². The van der Waals surface area contributed by atoms with E-state index >= 15 is 0 Å². The van der Waals surface area contributed by atoms with Gasteiger partial charge in [-0.25, -0.2) is 0 Å². The minimum absolute atomic E-state index is 0.0221. The lowest BCUT2D eigenvalue weighted by Crippen LogP contribution is -2.20. The molecule has 0 aromatic heterocycles. The van der Waals surface area contributed by atoms with Gasteiger partial charge in [-0.2, -0.15) is 0 Å². The number of carbonyl (C=O) groups is 2. The van der Waals surface area contributed by atoms with E-state index < -0.39 is 14.3 Å². The van der Waals surface area contributed by atoms with Gasteiger partial charge in [-0.05, 0) is 5.21 Å². The summed E-state index contributed by atoms with van der Waals surface area (Å²) in [5.74, 6) is -0.451. The van der Waals surface area contributed by atoms with Crippen molar-refractivity contribution in [2.75, 3.05) is 41.7 Å². The summed E-state index contributed by atoms with van der Waals surface area (Å²) in [5, 5.41) is 1.99. The van der Waals surface area contributed by atoms with Crippen LogP contribution >= 0.6 is 8.38 Å². The number of imide groups is 1. The maximum Gasteiger partial charge on any atom is 0.251 e. The molecule has 0 bridgehead atoms. The molecule has 0 aromatic carbocycles. The third-order valence-corrected chi connectivity index (χ3v) is 2.85. The molecule has 0 heterocycles. The Hall–Kier alpha value is -1.29. The van der Waals surface area contributed by atoms with Crippen molar-refractivity contribution in [3.63, 3.8) is 0 Å². The second-order valence-electron chi connectivity index (χ2n) is 4.23. The van der Waals surface area contributed by atoms with Gasteiger partial charge in [-0.15, -0.1) is 0 Å². The minimum Gasteiger partial charge on any atom is -0.382 e. The smallest absolute Gasteiger partial charge is 0.251 e. The van der Waals surface area contributed by atoms with Crippen molar-refractivity contribution >= 4 is 28.5 Å². The fourth-order valence-corrected chi connectivity index (χ4v) is 1.45. The largest absolute Gasteiger partial charge is 0.382 e. The number of nitrogens with one attached hydrogen (secondary N) is 1. The third-order valence-electron chi connectivity index (χ3n) is 2.24. The molecule has 2 amide bonds. The van der Waals surface area contributed by atoms with E-state index in [1.165, 1.54) is 32.6 Å². The van der Waals surface area contributed by atoms with Crippen LogP contribution in [0.25, 0.3) is 0 Å². The van der Waals surface area contributed by atoms with E-state index in [1.54, 1.807) is 19.1 Å². The Morgan fingerprint density at radius 1 is 1.33 bits per heavy atom. The number of rotatable bonds is 10. The first-order chi connectivity index (χ1) is 11.3. The van der Waals surface area contributed by atoms with Crippen LogP contribution in [-0.4, -0.2) is 82.7 Å². The molecule has 0 saturated carbocycles. The molecule has 0 aromatic rings. The Bertz CT molecular complexity index is 408. The van der Waals surface area contributed by atoms with Gasteiger partial charge in [-0.1, -0.05) is 6.08 Å². The lowest BCUT2D eigenvalue weighted by molar-refractivity contribution is -0.121. The van der Waals surface area contributed by atoms with Crippen LogP contribution in [-0.2, 0) is 23.8 Å². The number of ether oxygens (including phenoxy) is 3. The van der Waals surface area contributed by atoms with Crippen molar-refractivity contribution in [1.82, 2.24) is 10.2 Å². The highest BCUT2D eigenvalue weighted by Gasteiger charge is 2.06. The van der Waals surface area contributed by atoms with E-state index in [0.29, 0.717) is 19.7 Å². The SMILES string of the molecule is COCN(C)/C=C\C(=O)NC=O.[B]/C(=C\C(COC)OC)P(O)O. The molecule has 136 valence electrons.